The molecule has 2 nitrogen and oxygen atoms in total. The Balaban J connectivity index is 2.29. The summed E-state index contributed by atoms with van der Waals surface area (Å²) in [5, 5.41) is 3.62. The molecule has 0 aliphatic carbocycles. The van der Waals surface area contributed by atoms with Gasteiger partial charge in [-0.3, -0.25) is 0 Å². The van der Waals surface area contributed by atoms with Gasteiger partial charge >= 0.3 is 0 Å². The van der Waals surface area contributed by atoms with Crippen molar-refractivity contribution in [3.05, 3.63) is 0 Å². The van der Waals surface area contributed by atoms with Gasteiger partial charge < -0.3 is 10.2 Å². The summed E-state index contributed by atoms with van der Waals surface area (Å²) in [6.45, 7) is 11.8. The van der Waals surface area contributed by atoms with Crippen LogP contribution in [0.25, 0.3) is 0 Å². The predicted octanol–water partition coefficient (Wildman–Crippen LogP) is 1.72. The van der Waals surface area contributed by atoms with Crippen LogP contribution in [0.15, 0.2) is 0 Å². The molecule has 0 radical (unpaired) electrons. The first kappa shape index (κ1) is 11.0. The highest BCUT2D eigenvalue weighted by atomic mass is 15.2. The first-order chi connectivity index (χ1) is 6.26. The summed E-state index contributed by atoms with van der Waals surface area (Å²) in [5.74, 6) is 0.864. The molecule has 1 N–H and O–H groups in total. The van der Waals surface area contributed by atoms with Crippen LogP contribution in [0.3, 0.4) is 0 Å². The number of likely N-dealkylation sites (N-methyl/N-ethyl adjacent to an activating group) is 1. The number of nitrogens with one attached hydrogen (secondary N) is 1. The van der Waals surface area contributed by atoms with Gasteiger partial charge in [-0.15, -0.1) is 0 Å². The molecular weight excluding hydrogens is 160 g/mol. The van der Waals surface area contributed by atoms with E-state index in [4.69, 9.17) is 0 Å². The third-order valence-corrected chi connectivity index (χ3v) is 2.87. The summed E-state index contributed by atoms with van der Waals surface area (Å²) in [6.07, 6.45) is 2.60. The topological polar surface area (TPSA) is 15.3 Å². The van der Waals surface area contributed by atoms with Gasteiger partial charge in [0.2, 0.25) is 0 Å². The van der Waals surface area contributed by atoms with Gasteiger partial charge in [-0.05, 0) is 31.8 Å². The lowest BCUT2D eigenvalue weighted by Gasteiger charge is -2.36. The fraction of sp³-hybridized carbons (Fsp3) is 1.00. The fourth-order valence-corrected chi connectivity index (χ4v) is 2.22. The number of piperidine rings is 1. The van der Waals surface area contributed by atoms with E-state index < -0.39 is 0 Å². The first-order valence-corrected chi connectivity index (χ1v) is 5.72. The zero-order valence-corrected chi connectivity index (χ0v) is 9.34. The third-order valence-electron chi connectivity index (χ3n) is 2.87. The van der Waals surface area contributed by atoms with E-state index in [2.05, 4.69) is 31.0 Å². The van der Waals surface area contributed by atoms with Crippen molar-refractivity contribution in [2.24, 2.45) is 5.92 Å². The molecule has 0 saturated carbocycles. The van der Waals surface area contributed by atoms with Crippen molar-refractivity contribution >= 4 is 0 Å². The average molecular weight is 184 g/mol. The highest BCUT2D eigenvalue weighted by Crippen LogP contribution is 2.15. The molecule has 0 amide bonds. The van der Waals surface area contributed by atoms with E-state index in [0.717, 1.165) is 12.0 Å². The van der Waals surface area contributed by atoms with Crippen LogP contribution in [0.2, 0.25) is 0 Å². The van der Waals surface area contributed by atoms with Crippen molar-refractivity contribution < 1.29 is 0 Å². The molecule has 2 atom stereocenters. The molecule has 2 heteroatoms. The second kappa shape index (κ2) is 5.61. The van der Waals surface area contributed by atoms with Crippen molar-refractivity contribution in [2.75, 3.05) is 26.2 Å². The van der Waals surface area contributed by atoms with Crippen LogP contribution in [-0.4, -0.2) is 37.1 Å². The van der Waals surface area contributed by atoms with Gasteiger partial charge in [0, 0.05) is 19.1 Å². The van der Waals surface area contributed by atoms with E-state index in [0.29, 0.717) is 0 Å². The maximum Gasteiger partial charge on any atom is 0.0198 e. The SMILES string of the molecule is CCCNC1CC(C)CN(CC)C1. The largest absolute Gasteiger partial charge is 0.313 e. The molecule has 13 heavy (non-hydrogen) atoms. The van der Waals surface area contributed by atoms with Crippen LogP contribution in [0.4, 0.5) is 0 Å². The highest BCUT2D eigenvalue weighted by molar-refractivity contribution is 4.80. The molecule has 1 saturated heterocycles. The monoisotopic (exact) mass is 184 g/mol. The van der Waals surface area contributed by atoms with Crippen LogP contribution < -0.4 is 5.32 Å². The van der Waals surface area contributed by atoms with E-state index in [-0.39, 0.29) is 0 Å². The summed E-state index contributed by atoms with van der Waals surface area (Å²) < 4.78 is 0. The van der Waals surface area contributed by atoms with E-state index in [9.17, 15) is 0 Å². The van der Waals surface area contributed by atoms with Crippen molar-refractivity contribution in [3.63, 3.8) is 0 Å². The number of rotatable bonds is 4. The summed E-state index contributed by atoms with van der Waals surface area (Å²) >= 11 is 0. The minimum absolute atomic E-state index is 0.739. The lowest BCUT2D eigenvalue weighted by Crippen LogP contribution is -2.48. The zero-order chi connectivity index (χ0) is 9.68. The Morgan fingerprint density at radius 1 is 1.31 bits per heavy atom. The zero-order valence-electron chi connectivity index (χ0n) is 9.34. The smallest absolute Gasteiger partial charge is 0.0198 e. The summed E-state index contributed by atoms with van der Waals surface area (Å²) in [7, 11) is 0. The van der Waals surface area contributed by atoms with Gasteiger partial charge in [0.25, 0.3) is 0 Å². The lowest BCUT2D eigenvalue weighted by atomic mass is 9.96. The van der Waals surface area contributed by atoms with E-state index >= 15 is 0 Å². The normalized spacial score (nSPS) is 30.7. The van der Waals surface area contributed by atoms with Gasteiger partial charge in [0.05, 0.1) is 0 Å². The van der Waals surface area contributed by atoms with E-state index in [1.807, 2.05) is 0 Å². The average Bonchev–Trinajstić information content (AvgIpc) is 2.14. The van der Waals surface area contributed by atoms with Crippen LogP contribution in [0.1, 0.15) is 33.6 Å². The molecule has 2 unspecified atom stereocenters. The Morgan fingerprint density at radius 2 is 2.08 bits per heavy atom. The molecule has 1 heterocycles. The molecule has 1 rings (SSSR count). The van der Waals surface area contributed by atoms with Crippen LogP contribution in [0, 0.1) is 5.92 Å². The quantitative estimate of drug-likeness (QED) is 0.715. The minimum Gasteiger partial charge on any atom is -0.313 e. The van der Waals surface area contributed by atoms with Gasteiger partial charge in [0.1, 0.15) is 0 Å². The summed E-state index contributed by atoms with van der Waals surface area (Å²) in [6, 6.07) is 0.739. The molecule has 78 valence electrons. The third kappa shape index (κ3) is 3.65. The molecule has 1 fully saturated rings. The van der Waals surface area contributed by atoms with Crippen molar-refractivity contribution in [1.82, 2.24) is 10.2 Å². The van der Waals surface area contributed by atoms with Crippen LogP contribution in [0.5, 0.6) is 0 Å². The molecule has 0 aromatic carbocycles. The number of hydrogen-bond acceptors (Lipinski definition) is 2. The molecule has 0 spiro atoms. The van der Waals surface area contributed by atoms with Crippen molar-refractivity contribution in [3.8, 4) is 0 Å². The predicted molar refractivity (Wildman–Crippen MR) is 58.0 cm³/mol. The van der Waals surface area contributed by atoms with Crippen LogP contribution in [-0.2, 0) is 0 Å². The molecule has 0 aromatic heterocycles. The Bertz CT molecular complexity index is 136. The first-order valence-electron chi connectivity index (χ1n) is 5.72. The number of nitrogens with zero attached hydrogens (tertiary/aromatic N) is 1. The van der Waals surface area contributed by atoms with Gasteiger partial charge in [-0.2, -0.15) is 0 Å². The van der Waals surface area contributed by atoms with E-state index in [1.54, 1.807) is 0 Å². The second-order valence-corrected chi connectivity index (χ2v) is 4.34. The second-order valence-electron chi connectivity index (χ2n) is 4.34. The minimum atomic E-state index is 0.739. The summed E-state index contributed by atoms with van der Waals surface area (Å²) in [5.41, 5.74) is 0. The maximum absolute atomic E-state index is 3.62. The van der Waals surface area contributed by atoms with E-state index in [1.165, 1.54) is 39.0 Å². The fourth-order valence-electron chi connectivity index (χ4n) is 2.22. The Labute approximate surface area is 82.7 Å². The number of hydrogen-bond donors (Lipinski definition) is 1. The standard InChI is InChI=1S/C11H24N2/c1-4-6-12-11-7-10(3)8-13(5-2)9-11/h10-12H,4-9H2,1-3H3. The summed E-state index contributed by atoms with van der Waals surface area (Å²) in [4.78, 5) is 2.56. The Morgan fingerprint density at radius 3 is 2.69 bits per heavy atom. The molecule has 1 aliphatic heterocycles. The molecular formula is C11H24N2. The van der Waals surface area contributed by atoms with Crippen LogP contribution >= 0.6 is 0 Å². The Hall–Kier alpha value is -0.0800. The molecule has 1 aliphatic rings. The number of likely N-dealkylation sites (tertiary alicyclic amines) is 1. The van der Waals surface area contributed by atoms with Gasteiger partial charge in [0.15, 0.2) is 0 Å². The van der Waals surface area contributed by atoms with Crippen molar-refractivity contribution in [1.29, 1.82) is 0 Å². The maximum atomic E-state index is 3.62. The lowest BCUT2D eigenvalue weighted by molar-refractivity contribution is 0.156. The molecule has 0 aromatic rings. The van der Waals surface area contributed by atoms with Gasteiger partial charge in [-0.25, -0.2) is 0 Å². The Kier molecular flexibility index (Phi) is 4.74. The van der Waals surface area contributed by atoms with Gasteiger partial charge in [-0.1, -0.05) is 20.8 Å². The molecule has 0 bridgehead atoms. The highest BCUT2D eigenvalue weighted by Gasteiger charge is 2.22. The van der Waals surface area contributed by atoms with Crippen molar-refractivity contribution in [2.45, 2.75) is 39.7 Å².